The summed E-state index contributed by atoms with van der Waals surface area (Å²) < 4.78 is 12.0. The zero-order valence-corrected chi connectivity index (χ0v) is 16.9. The summed E-state index contributed by atoms with van der Waals surface area (Å²) in [7, 11) is 0. The molecule has 4 rings (SSSR count). The van der Waals surface area contributed by atoms with Crippen molar-refractivity contribution in [1.82, 2.24) is 0 Å². The van der Waals surface area contributed by atoms with E-state index in [1.807, 2.05) is 49.4 Å². The second-order valence-electron chi connectivity index (χ2n) is 8.38. The van der Waals surface area contributed by atoms with E-state index >= 15 is 0 Å². The van der Waals surface area contributed by atoms with E-state index in [0.29, 0.717) is 12.5 Å². The molecule has 4 nitrogen and oxygen atoms in total. The van der Waals surface area contributed by atoms with Gasteiger partial charge in [-0.05, 0) is 65.8 Å². The molecule has 0 aromatic heterocycles. The number of aliphatic hydroxyl groups excluding tert-OH is 1. The van der Waals surface area contributed by atoms with Crippen molar-refractivity contribution in [3.63, 3.8) is 0 Å². The molecule has 1 aliphatic carbocycles. The molecule has 4 heteroatoms. The van der Waals surface area contributed by atoms with Crippen molar-refractivity contribution in [3.05, 3.63) is 77.9 Å². The van der Waals surface area contributed by atoms with E-state index in [-0.39, 0.29) is 12.7 Å². The number of hydrogen-bond acceptors (Lipinski definition) is 4. The van der Waals surface area contributed by atoms with Crippen LogP contribution in [0.4, 0.5) is 0 Å². The summed E-state index contributed by atoms with van der Waals surface area (Å²) >= 11 is 0. The van der Waals surface area contributed by atoms with E-state index in [1.54, 1.807) is 0 Å². The van der Waals surface area contributed by atoms with Gasteiger partial charge >= 0.3 is 0 Å². The smallest absolute Gasteiger partial charge is 0.120 e. The molecule has 1 aliphatic rings. The van der Waals surface area contributed by atoms with E-state index in [4.69, 9.17) is 15.2 Å². The molecule has 29 heavy (non-hydrogen) atoms. The Morgan fingerprint density at radius 1 is 1.00 bits per heavy atom. The number of aliphatic hydroxyl groups is 1. The minimum atomic E-state index is -0.729. The topological polar surface area (TPSA) is 64.7 Å². The fourth-order valence-corrected chi connectivity index (χ4v) is 3.76. The van der Waals surface area contributed by atoms with Gasteiger partial charge in [-0.25, -0.2) is 0 Å². The highest BCUT2D eigenvalue weighted by atomic mass is 16.5. The molecule has 0 amide bonds. The van der Waals surface area contributed by atoms with E-state index in [2.05, 4.69) is 24.3 Å². The van der Waals surface area contributed by atoms with Crippen LogP contribution in [0.1, 0.15) is 30.9 Å². The fraction of sp³-hybridized carbons (Fsp3) is 0.360. The number of nitrogens with two attached hydrogens (primary N) is 1. The van der Waals surface area contributed by atoms with E-state index in [9.17, 15) is 5.11 Å². The third-order valence-electron chi connectivity index (χ3n) is 5.76. The number of benzene rings is 3. The molecule has 3 N–H and O–H groups in total. The van der Waals surface area contributed by atoms with Crippen molar-refractivity contribution in [2.24, 2.45) is 11.7 Å². The Morgan fingerprint density at radius 3 is 2.48 bits per heavy atom. The minimum Gasteiger partial charge on any atom is -0.490 e. The van der Waals surface area contributed by atoms with Crippen LogP contribution in [-0.2, 0) is 16.9 Å². The normalized spacial score (nSPS) is 20.8. The highest BCUT2D eigenvalue weighted by Crippen LogP contribution is 2.33. The lowest BCUT2D eigenvalue weighted by molar-refractivity contribution is -0.00245. The van der Waals surface area contributed by atoms with Gasteiger partial charge in [0.05, 0.1) is 31.5 Å². The Hall–Kier alpha value is -2.40. The quantitative estimate of drug-likeness (QED) is 0.598. The summed E-state index contributed by atoms with van der Waals surface area (Å²) in [6.07, 6.45) is 2.33. The predicted molar refractivity (Wildman–Crippen MR) is 116 cm³/mol. The highest BCUT2D eigenvalue weighted by molar-refractivity contribution is 5.84. The lowest BCUT2D eigenvalue weighted by Crippen LogP contribution is -2.36. The van der Waals surface area contributed by atoms with Gasteiger partial charge in [-0.15, -0.1) is 0 Å². The zero-order valence-electron chi connectivity index (χ0n) is 16.9. The Morgan fingerprint density at radius 2 is 1.72 bits per heavy atom. The third-order valence-corrected chi connectivity index (χ3v) is 5.76. The second kappa shape index (κ2) is 8.54. The van der Waals surface area contributed by atoms with Crippen molar-refractivity contribution in [3.8, 4) is 5.75 Å². The minimum absolute atomic E-state index is 0.0857. The number of hydrogen-bond donors (Lipinski definition) is 2. The van der Waals surface area contributed by atoms with Crippen LogP contribution in [0.3, 0.4) is 0 Å². The first kappa shape index (κ1) is 19.9. The van der Waals surface area contributed by atoms with Crippen molar-refractivity contribution < 1.29 is 14.6 Å². The Bertz CT molecular complexity index is 949. The summed E-state index contributed by atoms with van der Waals surface area (Å²) in [6, 6.07) is 22.5. The molecule has 0 heterocycles. The Kier molecular flexibility index (Phi) is 5.86. The van der Waals surface area contributed by atoms with E-state index in [1.165, 1.54) is 5.56 Å². The summed E-state index contributed by atoms with van der Waals surface area (Å²) in [5, 5.41) is 11.7. The highest BCUT2D eigenvalue weighted by Gasteiger charge is 2.31. The fourth-order valence-electron chi connectivity index (χ4n) is 3.76. The van der Waals surface area contributed by atoms with Gasteiger partial charge in [-0.1, -0.05) is 48.5 Å². The molecule has 0 spiro atoms. The van der Waals surface area contributed by atoms with Crippen LogP contribution in [-0.4, -0.2) is 24.4 Å². The lowest BCUT2D eigenvalue weighted by atomic mass is 9.83. The summed E-state index contributed by atoms with van der Waals surface area (Å²) in [5.74, 6) is 1.48. The molecule has 0 aliphatic heterocycles. The zero-order chi connectivity index (χ0) is 20.3. The Labute approximate surface area is 172 Å². The molecule has 0 radical (unpaired) electrons. The van der Waals surface area contributed by atoms with Gasteiger partial charge in [0.15, 0.2) is 0 Å². The number of rotatable bonds is 8. The van der Waals surface area contributed by atoms with Crippen LogP contribution in [0.25, 0.3) is 10.8 Å². The first-order valence-corrected chi connectivity index (χ1v) is 10.3. The average Bonchev–Trinajstić information content (AvgIpc) is 2.72. The van der Waals surface area contributed by atoms with Crippen molar-refractivity contribution in [2.75, 3.05) is 13.2 Å². The summed E-state index contributed by atoms with van der Waals surface area (Å²) in [5.41, 5.74) is 7.56. The van der Waals surface area contributed by atoms with Gasteiger partial charge in [0.1, 0.15) is 5.75 Å². The Balaban J connectivity index is 1.27. The molecule has 3 aromatic carbocycles. The number of fused-ring (bicyclic) bond motifs is 1. The van der Waals surface area contributed by atoms with Gasteiger partial charge < -0.3 is 20.3 Å². The molecule has 1 atom stereocenters. The number of ether oxygens (including phenoxy) is 2. The van der Waals surface area contributed by atoms with Gasteiger partial charge in [0.2, 0.25) is 0 Å². The van der Waals surface area contributed by atoms with Gasteiger partial charge in [-0.3, -0.25) is 0 Å². The molecule has 1 fully saturated rings. The van der Waals surface area contributed by atoms with Crippen molar-refractivity contribution >= 4 is 10.8 Å². The molecular weight excluding hydrogens is 362 g/mol. The van der Waals surface area contributed by atoms with Gasteiger partial charge in [-0.2, -0.15) is 0 Å². The monoisotopic (exact) mass is 391 g/mol. The third kappa shape index (κ3) is 4.78. The molecular formula is C25H29NO3. The molecule has 152 valence electrons. The first-order chi connectivity index (χ1) is 14.0. The lowest BCUT2D eigenvalue weighted by Gasteiger charge is -2.35. The maximum absolute atomic E-state index is 9.48. The van der Waals surface area contributed by atoms with Crippen LogP contribution in [0.15, 0.2) is 66.7 Å². The molecule has 0 unspecified atom stereocenters. The molecule has 3 aromatic rings. The van der Waals surface area contributed by atoms with E-state index < -0.39 is 5.54 Å². The largest absolute Gasteiger partial charge is 0.490 e. The van der Waals surface area contributed by atoms with Gasteiger partial charge in [0.25, 0.3) is 0 Å². The molecule has 0 bridgehead atoms. The van der Waals surface area contributed by atoms with Crippen LogP contribution < -0.4 is 10.5 Å². The van der Waals surface area contributed by atoms with Crippen molar-refractivity contribution in [2.45, 2.75) is 38.0 Å². The van der Waals surface area contributed by atoms with Crippen molar-refractivity contribution in [1.29, 1.82) is 0 Å². The summed E-state index contributed by atoms with van der Waals surface area (Å²) in [4.78, 5) is 0. The molecule has 0 saturated heterocycles. The predicted octanol–water partition coefficient (Wildman–Crippen LogP) is 4.38. The van der Waals surface area contributed by atoms with E-state index in [0.717, 1.165) is 41.5 Å². The van der Waals surface area contributed by atoms with Gasteiger partial charge in [0, 0.05) is 0 Å². The van der Waals surface area contributed by atoms with Crippen LogP contribution >= 0.6 is 0 Å². The SMILES string of the molecule is C[C@](N)(CO)c1ccc2cc(OC3CC(COCc4ccccc4)C3)ccc2c1. The maximum Gasteiger partial charge on any atom is 0.120 e. The average molecular weight is 392 g/mol. The standard InChI is InChI=1S/C25H29NO3/c1-25(26,17-27)22-9-7-21-14-23(10-8-20(21)13-22)29-24-11-19(12-24)16-28-15-18-5-3-2-4-6-18/h2-10,13-14,19,24,27H,11-12,15-17,26H2,1H3/t19?,24?,25-/m0/s1. The maximum atomic E-state index is 9.48. The van der Waals surface area contributed by atoms with Crippen LogP contribution in [0, 0.1) is 5.92 Å². The summed E-state index contributed by atoms with van der Waals surface area (Å²) in [6.45, 7) is 3.21. The molecule has 1 saturated carbocycles. The first-order valence-electron chi connectivity index (χ1n) is 10.3. The van der Waals surface area contributed by atoms with Crippen LogP contribution in [0.2, 0.25) is 0 Å². The van der Waals surface area contributed by atoms with Crippen LogP contribution in [0.5, 0.6) is 5.75 Å². The second-order valence-corrected chi connectivity index (χ2v) is 8.38.